The van der Waals surface area contributed by atoms with Gasteiger partial charge in [-0.2, -0.15) is 0 Å². The molecule has 4 rings (SSSR count). The first-order chi connectivity index (χ1) is 12.2. The minimum Gasteiger partial charge on any atom is -0.333 e. The second-order valence-electron chi connectivity index (χ2n) is 5.73. The van der Waals surface area contributed by atoms with E-state index in [-0.39, 0.29) is 12.4 Å². The number of nitrogens with zero attached hydrogens (tertiary/aromatic N) is 5. The zero-order valence-electron chi connectivity index (χ0n) is 13.3. The summed E-state index contributed by atoms with van der Waals surface area (Å²) in [5.74, 6) is 0.212. The first kappa shape index (κ1) is 15.4. The Bertz CT molecular complexity index is 1010. The van der Waals surface area contributed by atoms with Gasteiger partial charge in [-0.05, 0) is 29.8 Å². The van der Waals surface area contributed by atoms with Crippen LogP contribution in [0.2, 0.25) is 0 Å². The molecule has 0 aliphatic rings. The summed E-state index contributed by atoms with van der Waals surface area (Å²) in [7, 11) is 0. The van der Waals surface area contributed by atoms with E-state index in [1.807, 2.05) is 16.8 Å². The molecule has 0 radical (unpaired) electrons. The zero-order chi connectivity index (χ0) is 17.2. The highest BCUT2D eigenvalue weighted by Gasteiger charge is 2.14. The van der Waals surface area contributed by atoms with Gasteiger partial charge in [0.2, 0.25) is 0 Å². The molecule has 0 atom stereocenters. The Morgan fingerprint density at radius 2 is 2.00 bits per heavy atom. The quantitative estimate of drug-likeness (QED) is 0.559. The summed E-state index contributed by atoms with van der Waals surface area (Å²) in [6.45, 7) is 0.178. The summed E-state index contributed by atoms with van der Waals surface area (Å²) in [6.07, 6.45) is 8.77. The van der Waals surface area contributed by atoms with Crippen molar-refractivity contribution in [1.29, 1.82) is 0 Å². The van der Waals surface area contributed by atoms with E-state index in [4.69, 9.17) is 0 Å². The summed E-state index contributed by atoms with van der Waals surface area (Å²) in [6, 6.07) is 6.29. The van der Waals surface area contributed by atoms with Gasteiger partial charge in [0.1, 0.15) is 18.3 Å². The van der Waals surface area contributed by atoms with Crippen molar-refractivity contribution in [1.82, 2.24) is 24.1 Å². The molecule has 5 nitrogen and oxygen atoms in total. The molecule has 0 unspecified atom stereocenters. The van der Waals surface area contributed by atoms with Crippen LogP contribution in [0.15, 0.2) is 55.4 Å². The number of aryl methyl sites for hydroxylation is 1. The van der Waals surface area contributed by atoms with Crippen LogP contribution in [-0.2, 0) is 13.1 Å². The third-order valence-corrected chi connectivity index (χ3v) is 4.00. The van der Waals surface area contributed by atoms with Crippen molar-refractivity contribution in [3.8, 4) is 11.4 Å². The smallest absolute Gasteiger partial charge is 0.142 e. The minimum atomic E-state index is -0.558. The van der Waals surface area contributed by atoms with E-state index < -0.39 is 6.67 Å². The average molecular weight is 339 g/mol. The van der Waals surface area contributed by atoms with E-state index in [0.29, 0.717) is 23.4 Å². The molecule has 0 spiro atoms. The van der Waals surface area contributed by atoms with Crippen LogP contribution in [0.25, 0.3) is 22.4 Å². The lowest BCUT2D eigenvalue weighted by Crippen LogP contribution is -2.03. The lowest BCUT2D eigenvalue weighted by Gasteiger charge is -2.08. The molecule has 1 aromatic carbocycles. The highest BCUT2D eigenvalue weighted by atomic mass is 19.1. The Morgan fingerprint density at radius 3 is 2.80 bits per heavy atom. The molecule has 0 aliphatic heterocycles. The maximum Gasteiger partial charge on any atom is 0.142 e. The third-order valence-electron chi connectivity index (χ3n) is 4.00. The van der Waals surface area contributed by atoms with Crippen LogP contribution in [0.1, 0.15) is 5.56 Å². The number of hydrogen-bond donors (Lipinski definition) is 0. The summed E-state index contributed by atoms with van der Waals surface area (Å²) in [4.78, 5) is 12.9. The molecule has 0 amide bonds. The van der Waals surface area contributed by atoms with Crippen LogP contribution < -0.4 is 0 Å². The number of benzene rings is 1. The van der Waals surface area contributed by atoms with Crippen LogP contribution in [-0.4, -0.2) is 30.8 Å². The normalized spacial score (nSPS) is 11.3. The Hall–Kier alpha value is -3.09. The highest BCUT2D eigenvalue weighted by Crippen LogP contribution is 2.26. The van der Waals surface area contributed by atoms with Gasteiger partial charge in [0.05, 0.1) is 30.5 Å². The van der Waals surface area contributed by atoms with Gasteiger partial charge in [0.15, 0.2) is 0 Å². The molecule has 0 aliphatic carbocycles. The molecule has 3 aromatic heterocycles. The predicted molar refractivity (Wildman–Crippen MR) is 90.2 cm³/mol. The second-order valence-corrected chi connectivity index (χ2v) is 5.73. The predicted octanol–water partition coefficient (Wildman–Crippen LogP) is 3.45. The van der Waals surface area contributed by atoms with Gasteiger partial charge in [-0.15, -0.1) is 0 Å². The van der Waals surface area contributed by atoms with Crippen LogP contribution >= 0.6 is 0 Å². The van der Waals surface area contributed by atoms with Gasteiger partial charge in [-0.25, -0.2) is 18.7 Å². The maximum atomic E-state index is 13.6. The largest absolute Gasteiger partial charge is 0.333 e. The number of halogens is 2. The molecule has 0 saturated carbocycles. The van der Waals surface area contributed by atoms with Crippen molar-refractivity contribution in [2.24, 2.45) is 0 Å². The maximum absolute atomic E-state index is 13.6. The van der Waals surface area contributed by atoms with Crippen molar-refractivity contribution < 1.29 is 8.78 Å². The average Bonchev–Trinajstić information content (AvgIpc) is 3.24. The van der Waals surface area contributed by atoms with Crippen molar-refractivity contribution in [3.05, 3.63) is 66.8 Å². The summed E-state index contributed by atoms with van der Waals surface area (Å²) >= 11 is 0. The molecular formula is C18H15F2N5. The zero-order valence-corrected chi connectivity index (χ0v) is 13.3. The van der Waals surface area contributed by atoms with E-state index in [0.717, 1.165) is 11.1 Å². The molecule has 126 valence electrons. The molecule has 0 bridgehead atoms. The minimum absolute atomic E-state index is 0.112. The Morgan fingerprint density at radius 1 is 1.08 bits per heavy atom. The first-order valence-corrected chi connectivity index (χ1v) is 7.86. The van der Waals surface area contributed by atoms with E-state index >= 15 is 0 Å². The topological polar surface area (TPSA) is 48.5 Å². The monoisotopic (exact) mass is 339 g/mol. The second kappa shape index (κ2) is 6.43. The van der Waals surface area contributed by atoms with E-state index in [1.165, 1.54) is 12.1 Å². The fourth-order valence-electron chi connectivity index (χ4n) is 2.91. The van der Waals surface area contributed by atoms with Crippen LogP contribution in [0.5, 0.6) is 0 Å². The molecule has 7 heteroatoms. The van der Waals surface area contributed by atoms with Gasteiger partial charge in [-0.3, -0.25) is 4.98 Å². The molecule has 0 N–H and O–H groups in total. The molecule has 4 aromatic rings. The molecule has 3 heterocycles. The molecule has 0 fully saturated rings. The number of imidazole rings is 2. The fraction of sp³-hybridized carbons (Fsp3) is 0.167. The molecule has 25 heavy (non-hydrogen) atoms. The lowest BCUT2D eigenvalue weighted by atomic mass is 10.2. The van der Waals surface area contributed by atoms with E-state index in [2.05, 4.69) is 15.0 Å². The number of hydrogen-bond acceptors (Lipinski definition) is 3. The van der Waals surface area contributed by atoms with Crippen molar-refractivity contribution in [2.45, 2.75) is 13.1 Å². The van der Waals surface area contributed by atoms with Gasteiger partial charge >= 0.3 is 0 Å². The Kier molecular flexibility index (Phi) is 3.97. The van der Waals surface area contributed by atoms with Gasteiger partial charge in [0.25, 0.3) is 0 Å². The molecular weight excluding hydrogens is 324 g/mol. The number of alkyl halides is 1. The van der Waals surface area contributed by atoms with Gasteiger partial charge in [0, 0.05) is 30.4 Å². The molecule has 0 saturated heterocycles. The van der Waals surface area contributed by atoms with E-state index in [1.54, 1.807) is 35.6 Å². The van der Waals surface area contributed by atoms with Crippen LogP contribution in [0.4, 0.5) is 8.78 Å². The van der Waals surface area contributed by atoms with Crippen molar-refractivity contribution in [3.63, 3.8) is 0 Å². The number of fused-ring (bicyclic) bond motifs is 1. The SMILES string of the molecule is FCCn1c(-c2cncc(Cn3ccnc3)c2)nc2ccc(F)cc21. The number of aromatic nitrogens is 5. The van der Waals surface area contributed by atoms with Gasteiger partial charge in [-0.1, -0.05) is 0 Å². The summed E-state index contributed by atoms with van der Waals surface area (Å²) < 4.78 is 30.3. The third kappa shape index (κ3) is 3.00. The van der Waals surface area contributed by atoms with Crippen LogP contribution in [0.3, 0.4) is 0 Å². The number of pyridine rings is 1. The fourth-order valence-corrected chi connectivity index (χ4v) is 2.91. The standard InChI is InChI=1S/C18H15F2N5/c19-3-5-25-17-8-15(20)1-2-16(17)23-18(25)14-7-13(9-22-10-14)11-24-6-4-21-12-24/h1-2,4,6-10,12H,3,5,11H2. The van der Waals surface area contributed by atoms with Crippen molar-refractivity contribution >= 4 is 11.0 Å². The first-order valence-electron chi connectivity index (χ1n) is 7.86. The Labute approximate surface area is 142 Å². The number of rotatable bonds is 5. The van der Waals surface area contributed by atoms with E-state index in [9.17, 15) is 8.78 Å². The van der Waals surface area contributed by atoms with Crippen LogP contribution in [0, 0.1) is 5.82 Å². The van der Waals surface area contributed by atoms with Gasteiger partial charge < -0.3 is 9.13 Å². The lowest BCUT2D eigenvalue weighted by molar-refractivity contribution is 0.451. The summed E-state index contributed by atoms with van der Waals surface area (Å²) in [5.41, 5.74) is 2.95. The highest BCUT2D eigenvalue weighted by molar-refractivity contribution is 5.80. The Balaban J connectivity index is 1.79. The van der Waals surface area contributed by atoms with Crippen molar-refractivity contribution in [2.75, 3.05) is 6.67 Å². The summed E-state index contributed by atoms with van der Waals surface area (Å²) in [5, 5.41) is 0.